The lowest BCUT2D eigenvalue weighted by Gasteiger charge is -2.28. The molecule has 4 rings (SSSR count). The second-order valence-corrected chi connectivity index (χ2v) is 8.61. The molecule has 28 heavy (non-hydrogen) atoms. The number of H-pyrrole nitrogens is 1. The minimum Gasteiger partial charge on any atom is -0.351 e. The van der Waals surface area contributed by atoms with Gasteiger partial charge < -0.3 is 4.90 Å². The first-order chi connectivity index (χ1) is 13.4. The van der Waals surface area contributed by atoms with E-state index in [1.54, 1.807) is 6.07 Å². The highest BCUT2D eigenvalue weighted by Gasteiger charge is 2.22. The van der Waals surface area contributed by atoms with Gasteiger partial charge >= 0.3 is 0 Å². The number of nitrogens with one attached hydrogen (secondary N) is 2. The summed E-state index contributed by atoms with van der Waals surface area (Å²) in [5, 5.41) is 11.2. The molecule has 1 aromatic heterocycles. The van der Waals surface area contributed by atoms with Crippen LogP contribution in [0.3, 0.4) is 0 Å². The van der Waals surface area contributed by atoms with Crippen LogP contribution in [0.4, 0.5) is 15.9 Å². The van der Waals surface area contributed by atoms with Crippen molar-refractivity contribution in [2.24, 2.45) is 0 Å². The summed E-state index contributed by atoms with van der Waals surface area (Å²) in [5.74, 6) is 0.280. The summed E-state index contributed by atoms with van der Waals surface area (Å²) in [7, 11) is -3.89. The molecule has 1 aliphatic rings. The van der Waals surface area contributed by atoms with Crippen molar-refractivity contribution in [3.05, 3.63) is 64.6 Å². The van der Waals surface area contributed by atoms with Crippen LogP contribution in [0.2, 0.25) is 5.02 Å². The number of aromatic amines is 1. The number of aryl methyl sites for hydroxylation is 1. The van der Waals surface area contributed by atoms with Gasteiger partial charge in [0.05, 0.1) is 10.6 Å². The van der Waals surface area contributed by atoms with Gasteiger partial charge in [0, 0.05) is 18.1 Å². The predicted octanol–water partition coefficient (Wildman–Crippen LogP) is 3.35. The molecular formula is C18H17ClFN5O2S. The van der Waals surface area contributed by atoms with Crippen LogP contribution in [0.5, 0.6) is 0 Å². The third kappa shape index (κ3) is 3.81. The lowest BCUT2D eigenvalue weighted by Crippen LogP contribution is -2.29. The number of anilines is 2. The number of aromatic nitrogens is 3. The van der Waals surface area contributed by atoms with Crippen LogP contribution in [-0.2, 0) is 23.0 Å². The van der Waals surface area contributed by atoms with Gasteiger partial charge in [-0.15, -0.1) is 5.10 Å². The molecule has 0 spiro atoms. The minimum absolute atomic E-state index is 0.0464. The fourth-order valence-corrected chi connectivity index (χ4v) is 4.40. The molecule has 1 aliphatic heterocycles. The number of halogens is 2. The van der Waals surface area contributed by atoms with Gasteiger partial charge in [-0.25, -0.2) is 17.9 Å². The third-order valence-electron chi connectivity index (χ3n) is 4.56. The Morgan fingerprint density at radius 3 is 2.79 bits per heavy atom. The lowest BCUT2D eigenvalue weighted by molar-refractivity contribution is 0.601. The van der Waals surface area contributed by atoms with E-state index >= 15 is 0 Å². The van der Waals surface area contributed by atoms with Crippen LogP contribution in [0, 0.1) is 5.82 Å². The maximum Gasteiger partial charge on any atom is 0.261 e. The quantitative estimate of drug-likeness (QED) is 0.659. The first kappa shape index (κ1) is 18.7. The number of nitrogens with zero attached hydrogens (tertiary/aromatic N) is 3. The van der Waals surface area contributed by atoms with Gasteiger partial charge in [0.1, 0.15) is 17.3 Å². The molecule has 7 nitrogen and oxygen atoms in total. The molecule has 0 unspecified atom stereocenters. The summed E-state index contributed by atoms with van der Waals surface area (Å²) in [6.45, 7) is 1.15. The monoisotopic (exact) mass is 421 g/mol. The first-order valence-corrected chi connectivity index (χ1v) is 10.5. The van der Waals surface area contributed by atoms with E-state index in [9.17, 15) is 12.8 Å². The summed E-state index contributed by atoms with van der Waals surface area (Å²) in [4.78, 5) is 2.07. The predicted molar refractivity (Wildman–Crippen MR) is 104 cm³/mol. The largest absolute Gasteiger partial charge is 0.351 e. The Kier molecular flexibility index (Phi) is 4.94. The van der Waals surface area contributed by atoms with Crippen LogP contribution >= 0.6 is 11.6 Å². The molecule has 0 radical (unpaired) electrons. The number of fused-ring (bicyclic) bond motifs is 1. The van der Waals surface area contributed by atoms with Crippen molar-refractivity contribution in [2.75, 3.05) is 16.2 Å². The smallest absolute Gasteiger partial charge is 0.261 e. The van der Waals surface area contributed by atoms with Gasteiger partial charge in [0.15, 0.2) is 0 Å². The maximum atomic E-state index is 13.9. The van der Waals surface area contributed by atoms with Gasteiger partial charge in [-0.2, -0.15) is 0 Å². The highest BCUT2D eigenvalue weighted by Crippen LogP contribution is 2.28. The van der Waals surface area contributed by atoms with Crippen molar-refractivity contribution in [3.8, 4) is 0 Å². The molecule has 0 aliphatic carbocycles. The molecule has 0 saturated carbocycles. The topological polar surface area (TPSA) is 91.0 Å². The Labute approximate surface area is 166 Å². The zero-order valence-electron chi connectivity index (χ0n) is 14.7. The summed E-state index contributed by atoms with van der Waals surface area (Å²) < 4.78 is 41.8. The summed E-state index contributed by atoms with van der Waals surface area (Å²) in [6.07, 6.45) is 1.74. The van der Waals surface area contributed by atoms with E-state index in [4.69, 9.17) is 11.6 Å². The van der Waals surface area contributed by atoms with Crippen molar-refractivity contribution in [3.63, 3.8) is 0 Å². The fraction of sp³-hybridized carbons (Fsp3) is 0.222. The summed E-state index contributed by atoms with van der Waals surface area (Å²) in [6, 6.07) is 9.84. The number of benzene rings is 2. The van der Waals surface area contributed by atoms with Gasteiger partial charge in [-0.05, 0) is 54.8 Å². The first-order valence-electron chi connectivity index (χ1n) is 8.64. The zero-order chi connectivity index (χ0) is 19.7. The SMILES string of the molecule is O=S(=O)(Nc1cc(F)ccc1CN1CCCc2nn[nH]c21)c1ccc(Cl)cc1. The normalized spacial score (nSPS) is 14.0. The van der Waals surface area contributed by atoms with E-state index in [2.05, 4.69) is 20.1 Å². The van der Waals surface area contributed by atoms with Crippen molar-refractivity contribution >= 4 is 33.1 Å². The average molecular weight is 422 g/mol. The van der Waals surface area contributed by atoms with Crippen molar-refractivity contribution in [1.29, 1.82) is 0 Å². The molecule has 0 bridgehead atoms. The molecule has 3 aromatic rings. The Hall–Kier alpha value is -2.65. The van der Waals surface area contributed by atoms with E-state index in [1.165, 1.54) is 36.4 Å². The standard InChI is InChI=1S/C18H17ClFN5O2S/c19-13-4-7-15(8-5-13)28(26,27)23-17-10-14(20)6-3-12(17)11-25-9-1-2-16-18(25)22-24-21-16/h3-8,10,23H,1-2,9,11H2,(H,21,22,24). The van der Waals surface area contributed by atoms with Crippen LogP contribution in [0.1, 0.15) is 17.7 Å². The van der Waals surface area contributed by atoms with Crippen LogP contribution in [-0.4, -0.2) is 30.4 Å². The highest BCUT2D eigenvalue weighted by atomic mass is 35.5. The van der Waals surface area contributed by atoms with Crippen molar-refractivity contribution < 1.29 is 12.8 Å². The van der Waals surface area contributed by atoms with Crippen LogP contribution < -0.4 is 9.62 Å². The average Bonchev–Trinajstić information content (AvgIpc) is 3.14. The molecule has 0 amide bonds. The molecule has 0 fully saturated rings. The molecule has 2 N–H and O–H groups in total. The molecule has 0 atom stereocenters. The van der Waals surface area contributed by atoms with Crippen molar-refractivity contribution in [2.45, 2.75) is 24.3 Å². The number of sulfonamides is 1. The fourth-order valence-electron chi connectivity index (χ4n) is 3.18. The van der Waals surface area contributed by atoms with E-state index in [0.717, 1.165) is 30.9 Å². The number of rotatable bonds is 5. The molecule has 10 heteroatoms. The maximum absolute atomic E-state index is 13.9. The second-order valence-electron chi connectivity index (χ2n) is 6.49. The summed E-state index contributed by atoms with van der Waals surface area (Å²) in [5.41, 5.74) is 1.70. The van der Waals surface area contributed by atoms with Crippen LogP contribution in [0.25, 0.3) is 0 Å². The van der Waals surface area contributed by atoms with Gasteiger partial charge in [0.25, 0.3) is 10.0 Å². The van der Waals surface area contributed by atoms with E-state index in [1.807, 2.05) is 4.90 Å². The molecule has 2 heterocycles. The Morgan fingerprint density at radius 1 is 1.21 bits per heavy atom. The highest BCUT2D eigenvalue weighted by molar-refractivity contribution is 7.92. The third-order valence-corrected chi connectivity index (χ3v) is 6.19. The molecule has 0 saturated heterocycles. The second kappa shape index (κ2) is 7.40. The number of hydrogen-bond donors (Lipinski definition) is 2. The molecular weight excluding hydrogens is 405 g/mol. The van der Waals surface area contributed by atoms with Gasteiger partial charge in [-0.3, -0.25) is 4.72 Å². The van der Waals surface area contributed by atoms with E-state index in [-0.39, 0.29) is 10.6 Å². The van der Waals surface area contributed by atoms with Crippen molar-refractivity contribution in [1.82, 2.24) is 15.4 Å². The Bertz CT molecular complexity index is 1100. The van der Waals surface area contributed by atoms with E-state index < -0.39 is 15.8 Å². The zero-order valence-corrected chi connectivity index (χ0v) is 16.3. The molecule has 146 valence electrons. The van der Waals surface area contributed by atoms with Gasteiger partial charge in [-0.1, -0.05) is 22.9 Å². The Balaban J connectivity index is 1.64. The summed E-state index contributed by atoms with van der Waals surface area (Å²) >= 11 is 5.82. The molecule has 2 aromatic carbocycles. The van der Waals surface area contributed by atoms with E-state index in [0.29, 0.717) is 17.1 Å². The number of hydrogen-bond acceptors (Lipinski definition) is 5. The lowest BCUT2D eigenvalue weighted by atomic mass is 10.1. The Morgan fingerprint density at radius 2 is 2.00 bits per heavy atom. The van der Waals surface area contributed by atoms with Crippen LogP contribution in [0.15, 0.2) is 47.4 Å². The minimum atomic E-state index is -3.89. The van der Waals surface area contributed by atoms with Gasteiger partial charge in [0.2, 0.25) is 0 Å².